The molecule has 0 atom stereocenters. The van der Waals surface area contributed by atoms with Gasteiger partial charge in [0.2, 0.25) is 0 Å². The molecule has 5 nitrogen and oxygen atoms in total. The van der Waals surface area contributed by atoms with Crippen LogP contribution in [0.3, 0.4) is 0 Å². The number of rotatable bonds is 7. The van der Waals surface area contributed by atoms with Crippen LogP contribution in [0.15, 0.2) is 48.4 Å². The summed E-state index contributed by atoms with van der Waals surface area (Å²) < 4.78 is 0. The molecule has 144 valence electrons. The lowest BCUT2D eigenvalue weighted by atomic mass is 10.1. The smallest absolute Gasteiger partial charge is 0.258 e. The molecule has 2 fully saturated rings. The Morgan fingerprint density at radius 3 is 2.04 bits per heavy atom. The SMILES string of the molecule is N=C(/C=C(\Nc1ccc(NC(=O)c2c(Cl)cncc2Cl)cc1)C1CC1)C1CC1. The predicted molar refractivity (Wildman–Crippen MR) is 114 cm³/mol. The zero-order valence-electron chi connectivity index (χ0n) is 15.1. The molecule has 1 amide bonds. The summed E-state index contributed by atoms with van der Waals surface area (Å²) in [4.78, 5) is 16.3. The first-order chi connectivity index (χ1) is 13.5. The number of carbonyl (C=O) groups is 1. The van der Waals surface area contributed by atoms with Crippen LogP contribution in [0.5, 0.6) is 0 Å². The van der Waals surface area contributed by atoms with E-state index in [2.05, 4.69) is 15.6 Å². The first kappa shape index (κ1) is 19.0. The van der Waals surface area contributed by atoms with E-state index >= 15 is 0 Å². The summed E-state index contributed by atoms with van der Waals surface area (Å²) in [6, 6.07) is 7.45. The number of benzene rings is 1. The number of halogens is 2. The third-order valence-corrected chi connectivity index (χ3v) is 5.43. The normalized spacial score (nSPS) is 16.6. The Kier molecular flexibility index (Phi) is 5.38. The molecule has 1 aromatic carbocycles. The third-order valence-electron chi connectivity index (χ3n) is 4.86. The fourth-order valence-corrected chi connectivity index (χ4v) is 3.49. The Morgan fingerprint density at radius 2 is 1.50 bits per heavy atom. The van der Waals surface area contributed by atoms with Gasteiger partial charge in [-0.05, 0) is 61.9 Å². The summed E-state index contributed by atoms with van der Waals surface area (Å²) in [7, 11) is 0. The molecule has 2 aliphatic rings. The number of hydrogen-bond donors (Lipinski definition) is 3. The number of amides is 1. The zero-order chi connectivity index (χ0) is 19.7. The number of anilines is 2. The molecular formula is C21H20Cl2N4O. The van der Waals surface area contributed by atoms with Crippen LogP contribution in [0.2, 0.25) is 10.0 Å². The number of pyridine rings is 1. The predicted octanol–water partition coefficient (Wildman–Crippen LogP) is 5.78. The topological polar surface area (TPSA) is 77.9 Å². The van der Waals surface area contributed by atoms with Crippen molar-refractivity contribution in [2.45, 2.75) is 25.7 Å². The fourth-order valence-electron chi connectivity index (χ4n) is 2.96. The van der Waals surface area contributed by atoms with E-state index in [1.165, 1.54) is 25.2 Å². The van der Waals surface area contributed by atoms with Crippen molar-refractivity contribution in [2.24, 2.45) is 11.8 Å². The van der Waals surface area contributed by atoms with Crippen LogP contribution in [0.1, 0.15) is 36.0 Å². The lowest BCUT2D eigenvalue weighted by molar-refractivity contribution is 0.102. The average Bonchev–Trinajstić information content (AvgIpc) is 3.56. The van der Waals surface area contributed by atoms with E-state index in [9.17, 15) is 4.79 Å². The minimum absolute atomic E-state index is 0.207. The van der Waals surface area contributed by atoms with Gasteiger partial charge in [-0.1, -0.05) is 23.2 Å². The molecule has 2 saturated carbocycles. The highest BCUT2D eigenvalue weighted by Crippen LogP contribution is 2.38. The molecule has 4 rings (SSSR count). The van der Waals surface area contributed by atoms with Crippen LogP contribution in [-0.4, -0.2) is 16.6 Å². The summed E-state index contributed by atoms with van der Waals surface area (Å²) in [6.07, 6.45) is 9.37. The Morgan fingerprint density at radius 1 is 0.964 bits per heavy atom. The summed E-state index contributed by atoms with van der Waals surface area (Å²) >= 11 is 12.1. The second-order valence-electron chi connectivity index (χ2n) is 7.24. The van der Waals surface area contributed by atoms with E-state index in [4.69, 9.17) is 28.6 Å². The van der Waals surface area contributed by atoms with E-state index in [-0.39, 0.29) is 21.5 Å². The number of allylic oxidation sites excluding steroid dienone is 2. The van der Waals surface area contributed by atoms with Crippen LogP contribution in [0, 0.1) is 17.2 Å². The molecule has 0 saturated heterocycles. The van der Waals surface area contributed by atoms with Crippen molar-refractivity contribution < 1.29 is 4.79 Å². The minimum atomic E-state index is -0.380. The highest BCUT2D eigenvalue weighted by molar-refractivity contribution is 6.40. The van der Waals surface area contributed by atoms with Crippen LogP contribution >= 0.6 is 23.2 Å². The van der Waals surface area contributed by atoms with Gasteiger partial charge in [-0.25, -0.2) is 0 Å². The maximum Gasteiger partial charge on any atom is 0.258 e. The molecule has 28 heavy (non-hydrogen) atoms. The van der Waals surface area contributed by atoms with Crippen molar-refractivity contribution in [3.8, 4) is 0 Å². The molecule has 0 spiro atoms. The molecule has 0 aliphatic heterocycles. The Labute approximate surface area is 173 Å². The molecule has 1 aromatic heterocycles. The van der Waals surface area contributed by atoms with Crippen molar-refractivity contribution in [1.29, 1.82) is 5.41 Å². The summed E-state index contributed by atoms with van der Waals surface area (Å²) in [5.41, 5.74) is 3.62. The molecule has 2 aromatic rings. The first-order valence-corrected chi connectivity index (χ1v) is 10.0. The monoisotopic (exact) mass is 414 g/mol. The number of carbonyl (C=O) groups excluding carboxylic acids is 1. The standard InChI is InChI=1S/C21H20Cl2N4O/c22-16-10-25-11-17(23)20(16)21(28)27-15-7-5-14(6-8-15)26-19(13-3-4-13)9-18(24)12-1-2-12/h5-13,24,26H,1-4H2,(H,27,28)/b19-9-,24-18?. The van der Waals surface area contributed by atoms with Crippen molar-refractivity contribution in [1.82, 2.24) is 4.98 Å². The number of hydrogen-bond acceptors (Lipinski definition) is 4. The van der Waals surface area contributed by atoms with Gasteiger partial charge >= 0.3 is 0 Å². The second-order valence-corrected chi connectivity index (χ2v) is 8.05. The van der Waals surface area contributed by atoms with Gasteiger partial charge in [0.1, 0.15) is 0 Å². The Hall–Kier alpha value is -2.37. The second kappa shape index (κ2) is 7.94. The molecule has 2 aliphatic carbocycles. The van der Waals surface area contributed by atoms with Gasteiger partial charge in [0.15, 0.2) is 0 Å². The zero-order valence-corrected chi connectivity index (χ0v) is 16.6. The van der Waals surface area contributed by atoms with Crippen molar-refractivity contribution in [3.63, 3.8) is 0 Å². The quantitative estimate of drug-likeness (QED) is 0.502. The molecular weight excluding hydrogens is 395 g/mol. The van der Waals surface area contributed by atoms with E-state index in [0.29, 0.717) is 17.5 Å². The lowest BCUT2D eigenvalue weighted by Crippen LogP contribution is -2.13. The highest BCUT2D eigenvalue weighted by atomic mass is 35.5. The van der Waals surface area contributed by atoms with Crippen LogP contribution in [0.4, 0.5) is 11.4 Å². The lowest BCUT2D eigenvalue weighted by Gasteiger charge is -2.12. The molecule has 7 heteroatoms. The van der Waals surface area contributed by atoms with Gasteiger partial charge < -0.3 is 16.0 Å². The van der Waals surface area contributed by atoms with Gasteiger partial charge in [-0.2, -0.15) is 0 Å². The molecule has 0 unspecified atom stereocenters. The highest BCUT2D eigenvalue weighted by Gasteiger charge is 2.30. The van der Waals surface area contributed by atoms with Gasteiger partial charge in [-0.15, -0.1) is 0 Å². The van der Waals surface area contributed by atoms with Gasteiger partial charge in [0, 0.05) is 41.1 Å². The van der Waals surface area contributed by atoms with Gasteiger partial charge in [0.05, 0.1) is 15.6 Å². The van der Waals surface area contributed by atoms with Crippen molar-refractivity contribution >= 4 is 46.2 Å². The summed E-state index contributed by atoms with van der Waals surface area (Å²) in [5.74, 6) is 0.587. The van der Waals surface area contributed by atoms with Gasteiger partial charge in [0.25, 0.3) is 5.91 Å². The Bertz CT molecular complexity index is 927. The maximum absolute atomic E-state index is 12.5. The third kappa shape index (κ3) is 4.54. The van der Waals surface area contributed by atoms with E-state index in [1.807, 2.05) is 30.3 Å². The fraction of sp³-hybridized carbons (Fsp3) is 0.286. The molecule has 3 N–H and O–H groups in total. The summed E-state index contributed by atoms with van der Waals surface area (Å²) in [6.45, 7) is 0. The van der Waals surface area contributed by atoms with Crippen molar-refractivity contribution in [3.05, 3.63) is 64.0 Å². The van der Waals surface area contributed by atoms with Crippen LogP contribution < -0.4 is 10.6 Å². The number of aromatic nitrogens is 1. The van der Waals surface area contributed by atoms with Crippen LogP contribution in [-0.2, 0) is 0 Å². The molecule has 0 bridgehead atoms. The van der Waals surface area contributed by atoms with E-state index in [1.54, 1.807) is 0 Å². The number of nitrogens with zero attached hydrogens (tertiary/aromatic N) is 1. The van der Waals surface area contributed by atoms with E-state index < -0.39 is 0 Å². The average molecular weight is 415 g/mol. The Balaban J connectivity index is 1.43. The minimum Gasteiger partial charge on any atom is -0.359 e. The summed E-state index contributed by atoms with van der Waals surface area (Å²) in [5, 5.41) is 14.8. The molecule has 0 radical (unpaired) electrons. The van der Waals surface area contributed by atoms with Gasteiger partial charge in [-0.3, -0.25) is 9.78 Å². The van der Waals surface area contributed by atoms with Crippen molar-refractivity contribution in [2.75, 3.05) is 10.6 Å². The number of nitrogens with one attached hydrogen (secondary N) is 3. The van der Waals surface area contributed by atoms with Crippen LogP contribution in [0.25, 0.3) is 0 Å². The van der Waals surface area contributed by atoms with E-state index in [0.717, 1.165) is 29.9 Å². The molecule has 1 heterocycles. The first-order valence-electron chi connectivity index (χ1n) is 9.28. The largest absolute Gasteiger partial charge is 0.359 e. The maximum atomic E-state index is 12.5.